The fourth-order valence-corrected chi connectivity index (χ4v) is 1.23. The molecule has 4 nitrogen and oxygen atoms in total. The number of benzene rings is 1. The van der Waals surface area contributed by atoms with Crippen molar-refractivity contribution in [3.05, 3.63) is 29.8 Å². The molecule has 82 valence electrons. The molecular formula is C11H17N3O. The molecule has 0 unspecified atom stereocenters. The van der Waals surface area contributed by atoms with E-state index in [-0.39, 0.29) is 5.91 Å². The number of rotatable bonds is 5. The van der Waals surface area contributed by atoms with Gasteiger partial charge >= 0.3 is 0 Å². The number of amides is 1. The Labute approximate surface area is 89.8 Å². The van der Waals surface area contributed by atoms with Gasteiger partial charge in [0.05, 0.1) is 0 Å². The van der Waals surface area contributed by atoms with Crippen LogP contribution in [0.4, 0.5) is 5.69 Å². The van der Waals surface area contributed by atoms with Crippen LogP contribution in [0.15, 0.2) is 24.3 Å². The van der Waals surface area contributed by atoms with Gasteiger partial charge in [0, 0.05) is 17.8 Å². The first-order valence-electron chi connectivity index (χ1n) is 5.12. The third kappa shape index (κ3) is 3.59. The predicted molar refractivity (Wildman–Crippen MR) is 61.5 cm³/mol. The predicted octanol–water partition coefficient (Wildman–Crippen LogP) is 1.50. The highest BCUT2D eigenvalue weighted by molar-refractivity contribution is 5.94. The molecule has 15 heavy (non-hydrogen) atoms. The average molecular weight is 207 g/mol. The molecule has 0 saturated heterocycles. The molecule has 0 bridgehead atoms. The minimum Gasteiger partial charge on any atom is -0.385 e. The molecule has 0 heterocycles. The minimum absolute atomic E-state index is 0.268. The molecule has 1 rings (SSSR count). The highest BCUT2D eigenvalue weighted by atomic mass is 16.2. The van der Waals surface area contributed by atoms with E-state index in [4.69, 9.17) is 5.84 Å². The van der Waals surface area contributed by atoms with Crippen molar-refractivity contribution >= 4 is 11.6 Å². The summed E-state index contributed by atoms with van der Waals surface area (Å²) in [5.41, 5.74) is 3.69. The molecule has 0 radical (unpaired) electrons. The monoisotopic (exact) mass is 207 g/mol. The second kappa shape index (κ2) is 6.03. The van der Waals surface area contributed by atoms with Crippen molar-refractivity contribution in [1.29, 1.82) is 0 Å². The Kier molecular flexibility index (Phi) is 4.63. The van der Waals surface area contributed by atoms with Gasteiger partial charge in [-0.05, 0) is 30.7 Å². The van der Waals surface area contributed by atoms with Crippen LogP contribution in [0.3, 0.4) is 0 Å². The van der Waals surface area contributed by atoms with E-state index in [9.17, 15) is 4.79 Å². The molecule has 4 heteroatoms. The maximum atomic E-state index is 11.1. The topological polar surface area (TPSA) is 67.2 Å². The molecule has 1 aromatic carbocycles. The Morgan fingerprint density at radius 2 is 2.00 bits per heavy atom. The van der Waals surface area contributed by atoms with Crippen molar-refractivity contribution in [2.24, 2.45) is 5.84 Å². The number of anilines is 1. The quantitative estimate of drug-likeness (QED) is 0.297. The molecule has 0 fully saturated rings. The fraction of sp³-hybridized carbons (Fsp3) is 0.364. The summed E-state index contributed by atoms with van der Waals surface area (Å²) in [6.45, 7) is 3.11. The first-order valence-corrected chi connectivity index (χ1v) is 5.12. The van der Waals surface area contributed by atoms with Crippen molar-refractivity contribution in [1.82, 2.24) is 5.43 Å². The van der Waals surface area contributed by atoms with E-state index in [2.05, 4.69) is 17.7 Å². The van der Waals surface area contributed by atoms with Gasteiger partial charge in [-0.25, -0.2) is 5.84 Å². The van der Waals surface area contributed by atoms with Gasteiger partial charge in [-0.3, -0.25) is 10.2 Å². The molecule has 0 spiro atoms. The van der Waals surface area contributed by atoms with Crippen molar-refractivity contribution < 1.29 is 4.79 Å². The third-order valence-electron chi connectivity index (χ3n) is 2.14. The Balaban J connectivity index is 2.52. The molecule has 0 aromatic heterocycles. The van der Waals surface area contributed by atoms with Crippen molar-refractivity contribution in [2.75, 3.05) is 11.9 Å². The van der Waals surface area contributed by atoms with Crippen LogP contribution in [0.5, 0.6) is 0 Å². The largest absolute Gasteiger partial charge is 0.385 e. The van der Waals surface area contributed by atoms with E-state index in [1.807, 2.05) is 12.1 Å². The van der Waals surface area contributed by atoms with E-state index in [0.29, 0.717) is 5.56 Å². The molecule has 0 atom stereocenters. The lowest BCUT2D eigenvalue weighted by Gasteiger charge is -2.06. The number of nitrogen functional groups attached to an aromatic ring is 1. The molecule has 0 saturated carbocycles. The first-order chi connectivity index (χ1) is 7.27. The Bertz CT molecular complexity index is 308. The molecule has 1 amide bonds. The average Bonchev–Trinajstić information content (AvgIpc) is 2.29. The SMILES string of the molecule is CCCCNc1ccc(C(=O)NN)cc1. The number of nitrogens with one attached hydrogen (secondary N) is 2. The van der Waals surface area contributed by atoms with Gasteiger partial charge in [0.2, 0.25) is 0 Å². The minimum atomic E-state index is -0.268. The van der Waals surface area contributed by atoms with Crippen LogP contribution < -0.4 is 16.6 Å². The summed E-state index contributed by atoms with van der Waals surface area (Å²) < 4.78 is 0. The van der Waals surface area contributed by atoms with E-state index < -0.39 is 0 Å². The van der Waals surface area contributed by atoms with Crippen molar-refractivity contribution in [2.45, 2.75) is 19.8 Å². The van der Waals surface area contributed by atoms with Crippen LogP contribution in [0.1, 0.15) is 30.1 Å². The molecule has 0 aliphatic heterocycles. The molecule has 0 aliphatic carbocycles. The molecule has 4 N–H and O–H groups in total. The fourth-order valence-electron chi connectivity index (χ4n) is 1.23. The summed E-state index contributed by atoms with van der Waals surface area (Å²) in [7, 11) is 0. The second-order valence-corrected chi connectivity index (χ2v) is 3.33. The number of carbonyl (C=O) groups is 1. The standard InChI is InChI=1S/C11H17N3O/c1-2-3-8-13-10-6-4-9(5-7-10)11(15)14-12/h4-7,13H,2-3,8,12H2,1H3,(H,14,15). The van der Waals surface area contributed by atoms with E-state index in [1.54, 1.807) is 12.1 Å². The Hall–Kier alpha value is -1.55. The lowest BCUT2D eigenvalue weighted by atomic mass is 10.2. The van der Waals surface area contributed by atoms with E-state index in [0.717, 1.165) is 18.7 Å². The van der Waals surface area contributed by atoms with Gasteiger partial charge in [-0.1, -0.05) is 13.3 Å². The van der Waals surface area contributed by atoms with Crippen LogP contribution in [0, 0.1) is 0 Å². The maximum Gasteiger partial charge on any atom is 0.265 e. The van der Waals surface area contributed by atoms with Crippen LogP contribution in [-0.4, -0.2) is 12.5 Å². The highest BCUT2D eigenvalue weighted by Crippen LogP contribution is 2.09. The zero-order valence-corrected chi connectivity index (χ0v) is 8.92. The highest BCUT2D eigenvalue weighted by Gasteiger charge is 2.01. The van der Waals surface area contributed by atoms with Crippen molar-refractivity contribution in [3.8, 4) is 0 Å². The van der Waals surface area contributed by atoms with Gasteiger partial charge in [-0.15, -0.1) is 0 Å². The van der Waals surface area contributed by atoms with Crippen LogP contribution >= 0.6 is 0 Å². The lowest BCUT2D eigenvalue weighted by molar-refractivity contribution is 0.0953. The summed E-state index contributed by atoms with van der Waals surface area (Å²) in [5.74, 6) is 4.76. The second-order valence-electron chi connectivity index (χ2n) is 3.33. The number of hydrogen-bond donors (Lipinski definition) is 3. The Morgan fingerprint density at radius 1 is 1.33 bits per heavy atom. The third-order valence-corrected chi connectivity index (χ3v) is 2.14. The number of hydrogen-bond acceptors (Lipinski definition) is 3. The number of nitrogens with two attached hydrogens (primary N) is 1. The van der Waals surface area contributed by atoms with Gasteiger partial charge in [-0.2, -0.15) is 0 Å². The maximum absolute atomic E-state index is 11.1. The van der Waals surface area contributed by atoms with Gasteiger partial charge in [0.15, 0.2) is 0 Å². The van der Waals surface area contributed by atoms with Crippen LogP contribution in [0.25, 0.3) is 0 Å². The van der Waals surface area contributed by atoms with E-state index in [1.165, 1.54) is 6.42 Å². The zero-order valence-electron chi connectivity index (χ0n) is 8.92. The summed E-state index contributed by atoms with van der Waals surface area (Å²) in [6.07, 6.45) is 2.31. The summed E-state index contributed by atoms with van der Waals surface area (Å²) in [5, 5.41) is 3.27. The lowest BCUT2D eigenvalue weighted by Crippen LogP contribution is -2.29. The smallest absolute Gasteiger partial charge is 0.265 e. The van der Waals surface area contributed by atoms with Gasteiger partial charge < -0.3 is 5.32 Å². The van der Waals surface area contributed by atoms with Gasteiger partial charge in [0.1, 0.15) is 0 Å². The van der Waals surface area contributed by atoms with Gasteiger partial charge in [0.25, 0.3) is 5.91 Å². The molecule has 0 aliphatic rings. The summed E-state index contributed by atoms with van der Waals surface area (Å²) in [6, 6.07) is 7.24. The zero-order chi connectivity index (χ0) is 11.1. The Morgan fingerprint density at radius 3 is 2.53 bits per heavy atom. The number of unbranched alkanes of at least 4 members (excludes halogenated alkanes) is 1. The van der Waals surface area contributed by atoms with Crippen molar-refractivity contribution in [3.63, 3.8) is 0 Å². The summed E-state index contributed by atoms with van der Waals surface area (Å²) in [4.78, 5) is 11.1. The van der Waals surface area contributed by atoms with Crippen LogP contribution in [-0.2, 0) is 0 Å². The first kappa shape index (κ1) is 11.5. The number of carbonyl (C=O) groups excluding carboxylic acids is 1. The van der Waals surface area contributed by atoms with Crippen LogP contribution in [0.2, 0.25) is 0 Å². The molecular weight excluding hydrogens is 190 g/mol. The number of hydrazine groups is 1. The summed E-state index contributed by atoms with van der Waals surface area (Å²) >= 11 is 0. The normalized spacial score (nSPS) is 9.73. The molecule has 1 aromatic rings. The van der Waals surface area contributed by atoms with E-state index >= 15 is 0 Å².